The molecule has 0 fully saturated rings. The number of hydrogen-bond donors (Lipinski definition) is 3. The summed E-state index contributed by atoms with van der Waals surface area (Å²) < 4.78 is 39.0. The molecule has 0 unspecified atom stereocenters. The molecule has 0 bridgehead atoms. The van der Waals surface area contributed by atoms with Gasteiger partial charge in [0.15, 0.2) is 12.0 Å². The van der Waals surface area contributed by atoms with Crippen LogP contribution in [0.2, 0.25) is 0 Å². The van der Waals surface area contributed by atoms with Crippen LogP contribution < -0.4 is 34.9 Å². The predicted octanol–water partition coefficient (Wildman–Crippen LogP) is 8.00. The third kappa shape index (κ3) is 11.3. The van der Waals surface area contributed by atoms with Gasteiger partial charge < -0.3 is 49.1 Å². The molecule has 0 aliphatic heterocycles. The van der Waals surface area contributed by atoms with Gasteiger partial charge in [-0.1, -0.05) is 45.0 Å². The molecule has 55 heavy (non-hydrogen) atoms. The highest BCUT2D eigenvalue weighted by Crippen LogP contribution is 2.37. The fourth-order valence-electron chi connectivity index (χ4n) is 5.47. The van der Waals surface area contributed by atoms with Crippen molar-refractivity contribution < 1.29 is 42.7 Å². The number of urea groups is 1. The van der Waals surface area contributed by atoms with Crippen LogP contribution in [0.5, 0.6) is 28.9 Å². The Bertz CT molecular complexity index is 2070. The molecule has 0 saturated carbocycles. The van der Waals surface area contributed by atoms with E-state index in [0.717, 1.165) is 16.3 Å². The molecule has 14 heteroatoms. The van der Waals surface area contributed by atoms with Crippen molar-refractivity contribution in [3.05, 3.63) is 90.1 Å². The average Bonchev–Trinajstić information content (AvgIpc) is 3.17. The number of anilines is 4. The van der Waals surface area contributed by atoms with Crippen LogP contribution in [0.4, 0.5) is 27.8 Å². The van der Waals surface area contributed by atoms with Crippen LogP contribution in [0.15, 0.2) is 79.0 Å². The van der Waals surface area contributed by atoms with Gasteiger partial charge in [-0.15, -0.1) is 0 Å². The van der Waals surface area contributed by atoms with Crippen molar-refractivity contribution in [3.63, 3.8) is 0 Å². The second-order valence-electron chi connectivity index (χ2n) is 13.2. The minimum Gasteiger partial charge on any atom is -0.497 e. The molecule has 14 nitrogen and oxygen atoms in total. The highest BCUT2D eigenvalue weighted by molar-refractivity contribution is 6.08. The zero-order valence-corrected chi connectivity index (χ0v) is 31.9. The van der Waals surface area contributed by atoms with E-state index in [9.17, 15) is 9.59 Å². The maximum atomic E-state index is 13.4. The first-order valence-corrected chi connectivity index (χ1v) is 17.6. The number of nitrogens with one attached hydrogen (secondary N) is 3. The fraction of sp³-hybridized carbons (Fsp3) is 0.317. The number of ether oxygens (including phenoxy) is 7. The second kappa shape index (κ2) is 19.4. The third-order valence-corrected chi connectivity index (χ3v) is 8.21. The largest absolute Gasteiger partial charge is 0.497 e. The first-order chi connectivity index (χ1) is 26.6. The standard InChI is InChI=1S/C41H47N5O9/c1-41(2,3)28-21-27(26-47)38(51-6)35(22-28)45-40(48)44-34-11-12-36(33-10-8-7-9-32(33)34)55-37-13-14-42-39(46-37)43-29-23-30(50-5)25-31(24-29)54-20-19-53-18-17-52-16-15-49-4/h7-14,21-26H,15-20H2,1-6H3,(H,42,43,46)(H2,44,45,48). The highest BCUT2D eigenvalue weighted by Gasteiger charge is 2.21. The van der Waals surface area contributed by atoms with Gasteiger partial charge in [0.05, 0.1) is 64.2 Å². The van der Waals surface area contributed by atoms with Crippen molar-refractivity contribution in [2.24, 2.45) is 0 Å². The van der Waals surface area contributed by atoms with Gasteiger partial charge in [-0.25, -0.2) is 9.78 Å². The zero-order valence-electron chi connectivity index (χ0n) is 31.9. The lowest BCUT2D eigenvalue weighted by atomic mass is 9.85. The van der Waals surface area contributed by atoms with Gasteiger partial charge in [0.1, 0.15) is 23.9 Å². The summed E-state index contributed by atoms with van der Waals surface area (Å²) in [4.78, 5) is 34.2. The molecule has 2 amide bonds. The van der Waals surface area contributed by atoms with Gasteiger partial charge >= 0.3 is 6.03 Å². The van der Waals surface area contributed by atoms with E-state index in [0.29, 0.717) is 91.7 Å². The molecule has 5 rings (SSSR count). The van der Waals surface area contributed by atoms with Gasteiger partial charge in [-0.3, -0.25) is 4.79 Å². The van der Waals surface area contributed by atoms with E-state index in [1.54, 1.807) is 62.9 Å². The minimum absolute atomic E-state index is 0.270. The van der Waals surface area contributed by atoms with Crippen LogP contribution in [0, 0.1) is 0 Å². The molecule has 1 heterocycles. The number of amides is 2. The van der Waals surface area contributed by atoms with Crippen molar-refractivity contribution in [1.29, 1.82) is 0 Å². The molecule has 0 radical (unpaired) electrons. The first kappa shape index (κ1) is 40.2. The molecule has 0 saturated heterocycles. The van der Waals surface area contributed by atoms with Gasteiger partial charge in [0, 0.05) is 54.0 Å². The lowest BCUT2D eigenvalue weighted by molar-refractivity contribution is 0.0179. The average molecular weight is 754 g/mol. The number of aromatic nitrogens is 2. The summed E-state index contributed by atoms with van der Waals surface area (Å²) in [5, 5.41) is 10.5. The Balaban J connectivity index is 1.26. The van der Waals surface area contributed by atoms with Gasteiger partial charge in [-0.05, 0) is 35.2 Å². The zero-order chi connectivity index (χ0) is 39.2. The Hall–Kier alpha value is -5.96. The molecular formula is C41H47N5O9. The van der Waals surface area contributed by atoms with Crippen LogP contribution >= 0.6 is 0 Å². The summed E-state index contributed by atoms with van der Waals surface area (Å²) in [7, 11) is 4.66. The number of rotatable bonds is 19. The molecule has 4 aromatic carbocycles. The summed E-state index contributed by atoms with van der Waals surface area (Å²) in [6, 6.07) is 21.1. The summed E-state index contributed by atoms with van der Waals surface area (Å²) in [5.41, 5.74) is 2.51. The summed E-state index contributed by atoms with van der Waals surface area (Å²) in [6.45, 7) is 8.80. The van der Waals surface area contributed by atoms with E-state index < -0.39 is 6.03 Å². The number of carbonyl (C=O) groups excluding carboxylic acids is 2. The Morgan fingerprint density at radius 1 is 0.764 bits per heavy atom. The lowest BCUT2D eigenvalue weighted by Gasteiger charge is -2.22. The molecule has 1 aromatic heterocycles. The molecular weight excluding hydrogens is 706 g/mol. The topological polar surface area (TPSA) is 161 Å². The molecule has 0 aliphatic rings. The predicted molar refractivity (Wildman–Crippen MR) is 211 cm³/mol. The number of carbonyl (C=O) groups is 2. The molecule has 3 N–H and O–H groups in total. The number of fused-ring (bicyclic) bond motifs is 1. The van der Waals surface area contributed by atoms with Crippen molar-refractivity contribution in [2.75, 3.05) is 76.9 Å². The van der Waals surface area contributed by atoms with E-state index in [1.807, 2.05) is 51.1 Å². The fourth-order valence-corrected chi connectivity index (χ4v) is 5.47. The number of nitrogens with zero attached hydrogens (tertiary/aromatic N) is 2. The maximum Gasteiger partial charge on any atom is 0.323 e. The van der Waals surface area contributed by atoms with Crippen molar-refractivity contribution in [2.45, 2.75) is 26.2 Å². The van der Waals surface area contributed by atoms with E-state index >= 15 is 0 Å². The summed E-state index contributed by atoms with van der Waals surface area (Å²) in [6.07, 6.45) is 2.30. The van der Waals surface area contributed by atoms with Crippen LogP contribution in [0.25, 0.3) is 10.8 Å². The number of hydrogen-bond acceptors (Lipinski definition) is 12. The van der Waals surface area contributed by atoms with Gasteiger partial charge in [-0.2, -0.15) is 4.98 Å². The Morgan fingerprint density at radius 2 is 1.47 bits per heavy atom. The number of benzene rings is 4. The van der Waals surface area contributed by atoms with Crippen molar-refractivity contribution >= 4 is 46.1 Å². The molecule has 290 valence electrons. The highest BCUT2D eigenvalue weighted by atomic mass is 16.6. The van der Waals surface area contributed by atoms with Crippen LogP contribution in [0.3, 0.4) is 0 Å². The van der Waals surface area contributed by atoms with Crippen molar-refractivity contribution in [1.82, 2.24) is 9.97 Å². The summed E-state index contributed by atoms with van der Waals surface area (Å²) >= 11 is 0. The van der Waals surface area contributed by atoms with E-state index in [2.05, 4.69) is 25.9 Å². The lowest BCUT2D eigenvalue weighted by Crippen LogP contribution is -2.21. The third-order valence-electron chi connectivity index (χ3n) is 8.21. The first-order valence-electron chi connectivity index (χ1n) is 17.6. The van der Waals surface area contributed by atoms with E-state index in [-0.39, 0.29) is 17.1 Å². The Kier molecular flexibility index (Phi) is 14.2. The number of methoxy groups -OCH3 is 3. The van der Waals surface area contributed by atoms with Gasteiger partial charge in [0.2, 0.25) is 11.8 Å². The normalized spacial score (nSPS) is 11.2. The molecule has 5 aromatic rings. The molecule has 0 atom stereocenters. The molecule has 0 spiro atoms. The smallest absolute Gasteiger partial charge is 0.323 e. The Labute approximate surface area is 320 Å². The van der Waals surface area contributed by atoms with Gasteiger partial charge in [0.25, 0.3) is 0 Å². The van der Waals surface area contributed by atoms with Crippen molar-refractivity contribution in [3.8, 4) is 28.9 Å². The van der Waals surface area contributed by atoms with E-state index in [4.69, 9.17) is 33.2 Å². The molecule has 0 aliphatic carbocycles. The maximum absolute atomic E-state index is 13.4. The second-order valence-corrected chi connectivity index (χ2v) is 13.2. The van der Waals surface area contributed by atoms with Crippen LogP contribution in [-0.2, 0) is 19.6 Å². The monoisotopic (exact) mass is 753 g/mol. The SMILES string of the molecule is COCCOCCOCCOc1cc(Nc2nccc(Oc3ccc(NC(=O)Nc4cc(C(C)(C)C)cc(C=O)c4OC)c4ccccc34)n2)cc(OC)c1. The minimum atomic E-state index is -0.509. The van der Waals surface area contributed by atoms with E-state index in [1.165, 1.54) is 7.11 Å². The quantitative estimate of drug-likeness (QED) is 0.0552. The summed E-state index contributed by atoms with van der Waals surface area (Å²) in [5.74, 6) is 2.53. The van der Waals surface area contributed by atoms with Crippen LogP contribution in [0.1, 0.15) is 36.7 Å². The number of aldehydes is 1. The Morgan fingerprint density at radius 3 is 2.18 bits per heavy atom. The van der Waals surface area contributed by atoms with Crippen LogP contribution in [-0.4, -0.2) is 83.3 Å².